The number of fused-ring (bicyclic) bond motifs is 3. The van der Waals surface area contributed by atoms with Crippen molar-refractivity contribution in [2.45, 2.75) is 59.5 Å². The normalized spacial score (nSPS) is 16.2. The van der Waals surface area contributed by atoms with Crippen LogP contribution < -0.4 is 10.2 Å². The first-order valence-electron chi connectivity index (χ1n) is 12.2. The van der Waals surface area contributed by atoms with E-state index in [1.165, 1.54) is 23.8 Å². The van der Waals surface area contributed by atoms with E-state index in [-0.39, 0.29) is 33.8 Å². The Morgan fingerprint density at radius 3 is 2.32 bits per heavy atom. The maximum absolute atomic E-state index is 13.3. The molecule has 2 aromatic carbocycles. The van der Waals surface area contributed by atoms with Crippen molar-refractivity contribution in [1.29, 1.82) is 0 Å². The second kappa shape index (κ2) is 9.73. The topological polar surface area (TPSA) is 120 Å². The number of ether oxygens (including phenoxy) is 1. The van der Waals surface area contributed by atoms with Gasteiger partial charge in [-0.25, -0.2) is 0 Å². The van der Waals surface area contributed by atoms with Gasteiger partial charge < -0.3 is 29.6 Å². The van der Waals surface area contributed by atoms with Gasteiger partial charge in [-0.2, -0.15) is 0 Å². The Bertz CT molecular complexity index is 1530. The lowest BCUT2D eigenvalue weighted by Gasteiger charge is -2.33. The van der Waals surface area contributed by atoms with Crippen LogP contribution in [-0.2, 0) is 6.42 Å². The summed E-state index contributed by atoms with van der Waals surface area (Å²) in [6.45, 7) is 9.93. The van der Waals surface area contributed by atoms with E-state index in [1.807, 2.05) is 52.8 Å². The van der Waals surface area contributed by atoms with Crippen molar-refractivity contribution >= 4 is 17.0 Å². The van der Waals surface area contributed by atoms with Crippen LogP contribution in [0.4, 0.5) is 0 Å². The van der Waals surface area contributed by atoms with E-state index in [1.54, 1.807) is 0 Å². The van der Waals surface area contributed by atoms with E-state index < -0.39 is 22.5 Å². The zero-order valence-electron chi connectivity index (χ0n) is 21.7. The second-order valence-corrected chi connectivity index (χ2v) is 10.1. The smallest absolute Gasteiger partial charge is 0.238 e. The summed E-state index contributed by atoms with van der Waals surface area (Å²) < 4.78 is 12.5. The summed E-state index contributed by atoms with van der Waals surface area (Å²) in [7, 11) is 0. The van der Waals surface area contributed by atoms with Crippen molar-refractivity contribution in [2.24, 2.45) is 0 Å². The lowest BCUT2D eigenvalue weighted by molar-refractivity contribution is 0.127. The largest absolute Gasteiger partial charge is 0.507 e. The van der Waals surface area contributed by atoms with Crippen LogP contribution in [-0.4, -0.2) is 26.0 Å². The van der Waals surface area contributed by atoms with Gasteiger partial charge in [-0.05, 0) is 84.2 Å². The van der Waals surface area contributed by atoms with Crippen LogP contribution in [0.1, 0.15) is 58.6 Å². The molecule has 0 saturated heterocycles. The molecule has 7 heteroatoms. The van der Waals surface area contributed by atoms with Crippen molar-refractivity contribution < 1.29 is 29.6 Å². The summed E-state index contributed by atoms with van der Waals surface area (Å²) in [5.41, 5.74) is 1.93. The molecule has 0 fully saturated rings. The molecule has 194 valence electrons. The van der Waals surface area contributed by atoms with Gasteiger partial charge in [-0.1, -0.05) is 23.3 Å². The summed E-state index contributed by atoms with van der Waals surface area (Å²) in [5.74, 6) is -1.59. The summed E-state index contributed by atoms with van der Waals surface area (Å²) >= 11 is 0. The van der Waals surface area contributed by atoms with Crippen LogP contribution in [0.25, 0.3) is 28.4 Å². The Labute approximate surface area is 215 Å². The minimum absolute atomic E-state index is 0.0569. The maximum atomic E-state index is 13.3. The summed E-state index contributed by atoms with van der Waals surface area (Å²) in [4.78, 5) is 13.3. The Morgan fingerprint density at radius 1 is 0.973 bits per heavy atom. The quantitative estimate of drug-likeness (QED) is 0.218. The minimum Gasteiger partial charge on any atom is -0.507 e. The Balaban J connectivity index is 1.99. The van der Waals surface area contributed by atoms with Crippen LogP contribution in [0, 0.1) is 0 Å². The highest BCUT2D eigenvalue weighted by Gasteiger charge is 2.33. The zero-order valence-corrected chi connectivity index (χ0v) is 21.7. The van der Waals surface area contributed by atoms with Crippen molar-refractivity contribution in [3.05, 3.63) is 68.9 Å². The van der Waals surface area contributed by atoms with Crippen LogP contribution >= 0.6 is 0 Å². The molecule has 0 saturated carbocycles. The third-order valence-electron chi connectivity index (χ3n) is 6.46. The second-order valence-electron chi connectivity index (χ2n) is 10.1. The predicted octanol–water partition coefficient (Wildman–Crippen LogP) is 6.70. The molecule has 0 amide bonds. The van der Waals surface area contributed by atoms with Gasteiger partial charge in [0.15, 0.2) is 22.8 Å². The lowest BCUT2D eigenvalue weighted by Crippen LogP contribution is -2.32. The fraction of sp³-hybridized carbons (Fsp3) is 0.300. The van der Waals surface area contributed by atoms with Crippen LogP contribution in [0.15, 0.2) is 56.8 Å². The standard InChI is InChI=1S/C30H32O7/c1-16(2)7-6-13-30(5)14-12-20-28(37-30)19(10-8-17(3)4)24(33)23-25(34)26(35)27(36-29(20)23)18-9-11-21(31)22(32)15-18/h7-9,11-12,14-15,31-33,35H,6,10,13H2,1-5H3. The highest BCUT2D eigenvalue weighted by atomic mass is 16.5. The SMILES string of the molecule is CC(C)=CCCC1(C)C=Cc2c(c(CC=C(C)C)c(O)c3c(=O)c(O)c(-c4ccc(O)c(O)c4)oc23)O1. The number of allylic oxidation sites excluding steroid dienone is 4. The van der Waals surface area contributed by atoms with Crippen molar-refractivity contribution in [2.75, 3.05) is 0 Å². The predicted molar refractivity (Wildman–Crippen MR) is 144 cm³/mol. The van der Waals surface area contributed by atoms with Gasteiger partial charge in [0, 0.05) is 11.1 Å². The fourth-order valence-corrected chi connectivity index (χ4v) is 4.39. The highest BCUT2D eigenvalue weighted by molar-refractivity contribution is 5.97. The molecule has 1 aliphatic rings. The Morgan fingerprint density at radius 2 is 1.68 bits per heavy atom. The summed E-state index contributed by atoms with van der Waals surface area (Å²) in [5, 5.41) is 41.5. The van der Waals surface area contributed by atoms with E-state index in [4.69, 9.17) is 9.15 Å². The zero-order chi connectivity index (χ0) is 27.1. The molecule has 0 bridgehead atoms. The van der Waals surface area contributed by atoms with Crippen molar-refractivity contribution in [3.63, 3.8) is 0 Å². The van der Waals surface area contributed by atoms with E-state index >= 15 is 0 Å². The average molecular weight is 505 g/mol. The first kappa shape index (κ1) is 25.9. The molecule has 1 atom stereocenters. The molecule has 1 aromatic heterocycles. The number of benzene rings is 2. The number of aromatic hydroxyl groups is 4. The molecular formula is C30H32O7. The van der Waals surface area contributed by atoms with Gasteiger partial charge in [0.05, 0.1) is 5.56 Å². The molecule has 4 rings (SSSR count). The monoisotopic (exact) mass is 504 g/mol. The van der Waals surface area contributed by atoms with Gasteiger partial charge in [0.1, 0.15) is 22.5 Å². The van der Waals surface area contributed by atoms with E-state index in [9.17, 15) is 25.2 Å². The van der Waals surface area contributed by atoms with Gasteiger partial charge in [0.25, 0.3) is 0 Å². The van der Waals surface area contributed by atoms with Crippen LogP contribution in [0.3, 0.4) is 0 Å². The number of hydrogen-bond donors (Lipinski definition) is 4. The van der Waals surface area contributed by atoms with Gasteiger partial charge in [0.2, 0.25) is 11.2 Å². The number of phenolic OH excluding ortho intramolecular Hbond substituents is 3. The summed E-state index contributed by atoms with van der Waals surface area (Å²) in [6, 6.07) is 3.81. The lowest BCUT2D eigenvalue weighted by atomic mass is 9.91. The molecule has 0 aliphatic carbocycles. The molecule has 1 unspecified atom stereocenters. The van der Waals surface area contributed by atoms with E-state index in [0.29, 0.717) is 29.7 Å². The van der Waals surface area contributed by atoms with Crippen LogP contribution in [0.5, 0.6) is 28.7 Å². The van der Waals surface area contributed by atoms with Gasteiger partial charge in [-0.3, -0.25) is 4.79 Å². The third kappa shape index (κ3) is 4.94. The van der Waals surface area contributed by atoms with E-state index in [2.05, 4.69) is 6.08 Å². The van der Waals surface area contributed by atoms with Crippen LogP contribution in [0.2, 0.25) is 0 Å². The Kier molecular flexibility index (Phi) is 6.82. The average Bonchev–Trinajstić information content (AvgIpc) is 2.82. The molecule has 4 N–H and O–H groups in total. The number of hydrogen-bond acceptors (Lipinski definition) is 7. The molecule has 0 spiro atoms. The van der Waals surface area contributed by atoms with Gasteiger partial charge in [-0.15, -0.1) is 0 Å². The molecule has 37 heavy (non-hydrogen) atoms. The number of rotatable bonds is 6. The fourth-order valence-electron chi connectivity index (χ4n) is 4.39. The number of phenols is 3. The molecule has 3 aromatic rings. The summed E-state index contributed by atoms with van der Waals surface area (Å²) in [6.07, 6.45) is 9.63. The molecule has 7 nitrogen and oxygen atoms in total. The van der Waals surface area contributed by atoms with Crippen molar-refractivity contribution in [3.8, 4) is 40.1 Å². The van der Waals surface area contributed by atoms with E-state index in [0.717, 1.165) is 12.0 Å². The Hall–Kier alpha value is -4.13. The molecule has 2 heterocycles. The first-order valence-corrected chi connectivity index (χ1v) is 12.2. The first-order chi connectivity index (χ1) is 17.4. The third-order valence-corrected chi connectivity index (χ3v) is 6.46. The highest BCUT2D eigenvalue weighted by Crippen LogP contribution is 2.47. The van der Waals surface area contributed by atoms with Crippen molar-refractivity contribution in [1.82, 2.24) is 0 Å². The molecule has 1 aliphatic heterocycles. The molecule has 0 radical (unpaired) electrons. The minimum atomic E-state index is -0.812. The molecular weight excluding hydrogens is 472 g/mol. The maximum Gasteiger partial charge on any atom is 0.238 e. The van der Waals surface area contributed by atoms with Gasteiger partial charge >= 0.3 is 0 Å².